The number of allylic oxidation sites excluding steroid dienone is 1. The zero-order valence-electron chi connectivity index (χ0n) is 13.9. The average Bonchev–Trinajstić information content (AvgIpc) is 2.82. The summed E-state index contributed by atoms with van der Waals surface area (Å²) in [6.45, 7) is 2.17. The van der Waals surface area contributed by atoms with Gasteiger partial charge in [-0.1, -0.05) is 56.5 Å². The van der Waals surface area contributed by atoms with Crippen LogP contribution >= 0.6 is 0 Å². The maximum Gasteiger partial charge on any atom is 0.139 e. The van der Waals surface area contributed by atoms with E-state index < -0.39 is 12.0 Å². The molecule has 0 spiro atoms. The molecule has 3 atom stereocenters. The Labute approximate surface area is 139 Å². The first-order valence-electron chi connectivity index (χ1n) is 8.77. The molecule has 0 bridgehead atoms. The van der Waals surface area contributed by atoms with Crippen molar-refractivity contribution in [3.63, 3.8) is 0 Å². The van der Waals surface area contributed by atoms with Crippen LogP contribution in [0.2, 0.25) is 0 Å². The first-order chi connectivity index (χ1) is 11.1. The number of ketones is 1. The SMILES string of the molecule is CCCCCCC=C(O)[C@H]1[C@H](O)CC(=O)[C@@H]1Cc1ccccc1. The lowest BCUT2D eigenvalue weighted by molar-refractivity contribution is -0.121. The summed E-state index contributed by atoms with van der Waals surface area (Å²) in [5.74, 6) is -0.522. The van der Waals surface area contributed by atoms with Crippen LogP contribution in [0.3, 0.4) is 0 Å². The number of unbranched alkanes of at least 4 members (excludes halogenated alkanes) is 4. The van der Waals surface area contributed by atoms with Crippen LogP contribution in [0.5, 0.6) is 0 Å². The number of Topliss-reactive ketones (excluding diaryl/α,β-unsaturated/α-hetero) is 1. The molecule has 1 saturated carbocycles. The second kappa shape index (κ2) is 8.88. The molecule has 0 saturated heterocycles. The summed E-state index contributed by atoms with van der Waals surface area (Å²) >= 11 is 0. The Bertz CT molecular complexity index is 521. The van der Waals surface area contributed by atoms with Gasteiger partial charge < -0.3 is 10.2 Å². The zero-order chi connectivity index (χ0) is 16.7. The molecular weight excluding hydrogens is 288 g/mol. The van der Waals surface area contributed by atoms with Gasteiger partial charge in [0.2, 0.25) is 0 Å². The van der Waals surface area contributed by atoms with Gasteiger partial charge in [0.1, 0.15) is 5.78 Å². The molecule has 2 rings (SSSR count). The van der Waals surface area contributed by atoms with Gasteiger partial charge in [0.05, 0.1) is 17.8 Å². The van der Waals surface area contributed by atoms with Crippen molar-refractivity contribution in [1.82, 2.24) is 0 Å². The molecule has 23 heavy (non-hydrogen) atoms. The van der Waals surface area contributed by atoms with Crippen molar-refractivity contribution in [3.05, 3.63) is 47.7 Å². The van der Waals surface area contributed by atoms with Gasteiger partial charge in [-0.25, -0.2) is 0 Å². The summed E-state index contributed by atoms with van der Waals surface area (Å²) in [6.07, 6.45) is 7.16. The van der Waals surface area contributed by atoms with Crippen LogP contribution in [0.15, 0.2) is 42.2 Å². The van der Waals surface area contributed by atoms with E-state index in [-0.39, 0.29) is 23.9 Å². The molecule has 1 aromatic rings. The number of hydrogen-bond acceptors (Lipinski definition) is 3. The molecule has 1 aliphatic carbocycles. The zero-order valence-corrected chi connectivity index (χ0v) is 13.9. The number of carbonyl (C=O) groups excluding carboxylic acids is 1. The Balaban J connectivity index is 2.01. The third-order valence-electron chi connectivity index (χ3n) is 4.72. The van der Waals surface area contributed by atoms with Crippen LogP contribution < -0.4 is 0 Å². The molecule has 1 aliphatic rings. The molecule has 0 unspecified atom stereocenters. The monoisotopic (exact) mass is 316 g/mol. The van der Waals surface area contributed by atoms with E-state index >= 15 is 0 Å². The highest BCUT2D eigenvalue weighted by Gasteiger charge is 2.43. The maximum absolute atomic E-state index is 12.2. The third kappa shape index (κ3) is 4.93. The van der Waals surface area contributed by atoms with Gasteiger partial charge in [0.15, 0.2) is 0 Å². The second-order valence-corrected chi connectivity index (χ2v) is 6.54. The van der Waals surface area contributed by atoms with Gasteiger partial charge >= 0.3 is 0 Å². The van der Waals surface area contributed by atoms with Crippen molar-refractivity contribution in [1.29, 1.82) is 0 Å². The quantitative estimate of drug-likeness (QED) is 0.558. The van der Waals surface area contributed by atoms with Crippen molar-refractivity contribution in [2.24, 2.45) is 11.8 Å². The summed E-state index contributed by atoms with van der Waals surface area (Å²) in [5.41, 5.74) is 1.07. The minimum absolute atomic E-state index is 0.0530. The van der Waals surface area contributed by atoms with E-state index in [4.69, 9.17) is 0 Å². The highest BCUT2D eigenvalue weighted by molar-refractivity contribution is 5.85. The molecule has 2 N–H and O–H groups in total. The molecule has 3 heteroatoms. The topological polar surface area (TPSA) is 57.5 Å². The minimum Gasteiger partial charge on any atom is -0.512 e. The van der Waals surface area contributed by atoms with Crippen LogP contribution in [0.25, 0.3) is 0 Å². The fourth-order valence-electron chi connectivity index (χ4n) is 3.42. The first-order valence-corrected chi connectivity index (χ1v) is 8.77. The summed E-state index contributed by atoms with van der Waals surface area (Å²) < 4.78 is 0. The molecule has 0 radical (unpaired) electrons. The summed E-state index contributed by atoms with van der Waals surface area (Å²) in [5, 5.41) is 20.6. The fourth-order valence-corrected chi connectivity index (χ4v) is 3.42. The van der Waals surface area contributed by atoms with Gasteiger partial charge in [-0.15, -0.1) is 0 Å². The van der Waals surface area contributed by atoms with E-state index in [2.05, 4.69) is 6.92 Å². The van der Waals surface area contributed by atoms with Crippen LogP contribution in [-0.4, -0.2) is 22.1 Å². The van der Waals surface area contributed by atoms with Crippen LogP contribution in [0.4, 0.5) is 0 Å². The molecule has 0 aromatic heterocycles. The Hall–Kier alpha value is -1.61. The van der Waals surface area contributed by atoms with Crippen LogP contribution in [0, 0.1) is 11.8 Å². The fraction of sp³-hybridized carbons (Fsp3) is 0.550. The van der Waals surface area contributed by atoms with Gasteiger partial charge in [0.25, 0.3) is 0 Å². The van der Waals surface area contributed by atoms with E-state index in [1.807, 2.05) is 30.3 Å². The molecule has 126 valence electrons. The van der Waals surface area contributed by atoms with Gasteiger partial charge in [-0.3, -0.25) is 4.79 Å². The standard InChI is InChI=1S/C20H28O3/c1-2-3-4-5-9-12-17(21)20-16(18(22)14-19(20)23)13-15-10-7-6-8-11-15/h6-8,10-12,16,19-21,23H,2-5,9,13-14H2,1H3/t16-,19+,20-/m0/s1. The predicted octanol–water partition coefficient (Wildman–Crippen LogP) is 4.21. The Morgan fingerprint density at radius 3 is 2.65 bits per heavy atom. The lowest BCUT2D eigenvalue weighted by Gasteiger charge is -2.20. The molecule has 0 amide bonds. The number of rotatable bonds is 8. The number of hydrogen-bond donors (Lipinski definition) is 2. The van der Waals surface area contributed by atoms with Gasteiger partial charge in [-0.2, -0.15) is 0 Å². The molecule has 1 fully saturated rings. The van der Waals surface area contributed by atoms with E-state index in [1.54, 1.807) is 6.08 Å². The number of aliphatic hydroxyl groups excluding tert-OH is 2. The normalized spacial score (nSPS) is 25.0. The van der Waals surface area contributed by atoms with Crippen molar-refractivity contribution in [2.45, 2.75) is 58.0 Å². The Morgan fingerprint density at radius 1 is 1.22 bits per heavy atom. The number of aliphatic hydroxyl groups is 2. The summed E-state index contributed by atoms with van der Waals surface area (Å²) in [7, 11) is 0. The summed E-state index contributed by atoms with van der Waals surface area (Å²) in [4.78, 5) is 12.2. The van der Waals surface area contributed by atoms with Crippen molar-refractivity contribution >= 4 is 5.78 Å². The molecule has 1 aromatic carbocycles. The predicted molar refractivity (Wildman–Crippen MR) is 92.2 cm³/mol. The van der Waals surface area contributed by atoms with E-state index in [1.165, 1.54) is 12.8 Å². The maximum atomic E-state index is 12.2. The van der Waals surface area contributed by atoms with Crippen LogP contribution in [-0.2, 0) is 11.2 Å². The highest BCUT2D eigenvalue weighted by Crippen LogP contribution is 2.36. The molecule has 0 heterocycles. The van der Waals surface area contributed by atoms with Crippen molar-refractivity contribution in [2.75, 3.05) is 0 Å². The lowest BCUT2D eigenvalue weighted by Crippen LogP contribution is -2.24. The minimum atomic E-state index is -0.761. The third-order valence-corrected chi connectivity index (χ3v) is 4.72. The number of benzene rings is 1. The first kappa shape index (κ1) is 17.7. The smallest absolute Gasteiger partial charge is 0.139 e. The van der Waals surface area contributed by atoms with E-state index in [0.29, 0.717) is 6.42 Å². The van der Waals surface area contributed by atoms with Gasteiger partial charge in [0, 0.05) is 12.3 Å². The van der Waals surface area contributed by atoms with E-state index in [0.717, 1.165) is 24.8 Å². The average molecular weight is 316 g/mol. The second-order valence-electron chi connectivity index (χ2n) is 6.54. The van der Waals surface area contributed by atoms with Crippen LogP contribution in [0.1, 0.15) is 51.0 Å². The summed E-state index contributed by atoms with van der Waals surface area (Å²) in [6, 6.07) is 9.81. The highest BCUT2D eigenvalue weighted by atomic mass is 16.3. The largest absolute Gasteiger partial charge is 0.512 e. The van der Waals surface area contributed by atoms with E-state index in [9.17, 15) is 15.0 Å². The lowest BCUT2D eigenvalue weighted by atomic mass is 9.86. The molecule has 0 aliphatic heterocycles. The van der Waals surface area contributed by atoms with Crippen molar-refractivity contribution < 1.29 is 15.0 Å². The Morgan fingerprint density at radius 2 is 1.96 bits per heavy atom. The molecular formula is C20H28O3. The Kier molecular flexibility index (Phi) is 6.85. The molecule has 3 nitrogen and oxygen atoms in total. The van der Waals surface area contributed by atoms with Crippen molar-refractivity contribution in [3.8, 4) is 0 Å². The van der Waals surface area contributed by atoms with Gasteiger partial charge in [-0.05, 0) is 30.9 Å². The number of carbonyl (C=O) groups is 1.